The smallest absolute Gasteiger partial charge is 0.158 e. The van der Waals surface area contributed by atoms with Crippen LogP contribution in [-0.4, -0.2) is 43.4 Å². The van der Waals surface area contributed by atoms with Crippen LogP contribution in [0.3, 0.4) is 0 Å². The van der Waals surface area contributed by atoms with Crippen molar-refractivity contribution in [3.05, 3.63) is 11.9 Å². The lowest BCUT2D eigenvalue weighted by molar-refractivity contribution is 0.178. The van der Waals surface area contributed by atoms with Crippen LogP contribution in [0.2, 0.25) is 0 Å². The fraction of sp³-hybridized carbons (Fsp3) is 0.714. The van der Waals surface area contributed by atoms with Gasteiger partial charge in [-0.05, 0) is 19.8 Å². The van der Waals surface area contributed by atoms with E-state index in [0.717, 1.165) is 37.6 Å². The van der Waals surface area contributed by atoms with E-state index in [1.165, 1.54) is 0 Å². The van der Waals surface area contributed by atoms with Gasteiger partial charge in [0.1, 0.15) is 18.2 Å². The molecule has 0 aromatic carbocycles. The molecule has 0 saturated heterocycles. The molecule has 6 nitrogen and oxygen atoms in total. The summed E-state index contributed by atoms with van der Waals surface area (Å²) in [5.41, 5.74) is 0. The normalized spacial score (nSPS) is 12.2. The predicted octanol–water partition coefficient (Wildman–Crippen LogP) is 2.28. The second kappa shape index (κ2) is 9.50. The average molecular weight is 282 g/mol. The molecule has 1 atom stereocenters. The van der Waals surface area contributed by atoms with Crippen molar-refractivity contribution in [2.45, 2.75) is 39.3 Å². The first kappa shape index (κ1) is 16.7. The van der Waals surface area contributed by atoms with Gasteiger partial charge in [0.2, 0.25) is 0 Å². The van der Waals surface area contributed by atoms with Crippen LogP contribution in [0.15, 0.2) is 6.07 Å². The summed E-state index contributed by atoms with van der Waals surface area (Å²) >= 11 is 0. The minimum Gasteiger partial charge on any atom is -0.385 e. The summed E-state index contributed by atoms with van der Waals surface area (Å²) in [6, 6.07) is 2.22. The molecule has 1 heterocycles. The number of hydrogen-bond acceptors (Lipinski definition) is 6. The van der Waals surface area contributed by atoms with Crippen LogP contribution < -0.4 is 10.6 Å². The predicted molar refractivity (Wildman–Crippen MR) is 81.1 cm³/mol. The summed E-state index contributed by atoms with van der Waals surface area (Å²) in [5.74, 6) is 2.32. The van der Waals surface area contributed by atoms with Gasteiger partial charge in [-0.2, -0.15) is 0 Å². The monoisotopic (exact) mass is 282 g/mol. The summed E-state index contributed by atoms with van der Waals surface area (Å²) < 4.78 is 10.2. The Bertz CT molecular complexity index is 387. The van der Waals surface area contributed by atoms with Gasteiger partial charge in [-0.3, -0.25) is 0 Å². The lowest BCUT2D eigenvalue weighted by Gasteiger charge is -2.16. The van der Waals surface area contributed by atoms with Gasteiger partial charge >= 0.3 is 0 Å². The molecule has 0 saturated carbocycles. The highest BCUT2D eigenvalue weighted by Gasteiger charge is 2.07. The molecule has 0 spiro atoms. The lowest BCUT2D eigenvalue weighted by atomic mass is 10.2. The molecule has 0 aliphatic carbocycles. The third kappa shape index (κ3) is 6.16. The van der Waals surface area contributed by atoms with Gasteiger partial charge < -0.3 is 20.1 Å². The molecule has 1 rings (SSSR count). The molecule has 0 amide bonds. The standard InChI is InChI=1S/C14H26N4O2/c1-5-7-15-12-9-13(16-11(2)6-8-19-3)18-14(17-12)10-20-4/h9,11H,5-8,10H2,1-4H3,(H2,15,16,17,18). The van der Waals surface area contributed by atoms with Crippen LogP contribution in [0.1, 0.15) is 32.5 Å². The highest BCUT2D eigenvalue weighted by atomic mass is 16.5. The second-order valence-electron chi connectivity index (χ2n) is 4.74. The van der Waals surface area contributed by atoms with Crippen molar-refractivity contribution in [1.29, 1.82) is 0 Å². The van der Waals surface area contributed by atoms with Gasteiger partial charge in [-0.1, -0.05) is 6.92 Å². The molecule has 20 heavy (non-hydrogen) atoms. The van der Waals surface area contributed by atoms with Crippen LogP contribution in [0, 0.1) is 0 Å². The number of aromatic nitrogens is 2. The van der Waals surface area contributed by atoms with Crippen LogP contribution >= 0.6 is 0 Å². The molecule has 2 N–H and O–H groups in total. The summed E-state index contributed by atoms with van der Waals surface area (Å²) in [4.78, 5) is 8.87. The van der Waals surface area contributed by atoms with E-state index < -0.39 is 0 Å². The maximum Gasteiger partial charge on any atom is 0.158 e. The number of ether oxygens (including phenoxy) is 2. The number of methoxy groups -OCH3 is 2. The Balaban J connectivity index is 2.73. The molecule has 114 valence electrons. The minimum atomic E-state index is 0.291. The molecule has 1 unspecified atom stereocenters. The molecule has 1 aromatic rings. The van der Waals surface area contributed by atoms with E-state index in [0.29, 0.717) is 18.5 Å². The van der Waals surface area contributed by atoms with Crippen LogP contribution in [-0.2, 0) is 16.1 Å². The topological polar surface area (TPSA) is 68.3 Å². The van der Waals surface area contributed by atoms with Gasteiger partial charge in [0.15, 0.2) is 5.82 Å². The first-order valence-corrected chi connectivity index (χ1v) is 7.05. The molecular formula is C14H26N4O2. The van der Waals surface area contributed by atoms with Crippen molar-refractivity contribution in [3.63, 3.8) is 0 Å². The lowest BCUT2D eigenvalue weighted by Crippen LogP contribution is -2.19. The van der Waals surface area contributed by atoms with Crippen molar-refractivity contribution >= 4 is 11.6 Å². The molecule has 1 aromatic heterocycles. The van der Waals surface area contributed by atoms with Crippen LogP contribution in [0.25, 0.3) is 0 Å². The maximum absolute atomic E-state index is 5.11. The molecule has 0 fully saturated rings. The molecule has 0 radical (unpaired) electrons. The molecule has 0 aliphatic heterocycles. The van der Waals surface area contributed by atoms with Crippen molar-refractivity contribution in [1.82, 2.24) is 9.97 Å². The zero-order valence-corrected chi connectivity index (χ0v) is 12.9. The number of nitrogens with zero attached hydrogens (tertiary/aromatic N) is 2. The molecule has 6 heteroatoms. The third-order valence-electron chi connectivity index (χ3n) is 2.75. The van der Waals surface area contributed by atoms with Gasteiger partial charge in [0.05, 0.1) is 0 Å². The van der Waals surface area contributed by atoms with Crippen LogP contribution in [0.5, 0.6) is 0 Å². The number of anilines is 2. The SMILES string of the molecule is CCCNc1cc(NC(C)CCOC)nc(COC)n1. The molecule has 0 aliphatic rings. The fourth-order valence-electron chi connectivity index (χ4n) is 1.73. The summed E-state index contributed by atoms with van der Waals surface area (Å²) in [6.45, 7) is 6.25. The zero-order valence-electron chi connectivity index (χ0n) is 12.9. The van der Waals surface area contributed by atoms with Gasteiger partial charge in [-0.15, -0.1) is 0 Å². The third-order valence-corrected chi connectivity index (χ3v) is 2.75. The highest BCUT2D eigenvalue weighted by Crippen LogP contribution is 2.14. The minimum absolute atomic E-state index is 0.291. The zero-order chi connectivity index (χ0) is 14.8. The average Bonchev–Trinajstić information content (AvgIpc) is 2.43. The quantitative estimate of drug-likeness (QED) is 0.686. The van der Waals surface area contributed by atoms with E-state index in [2.05, 4.69) is 34.4 Å². The van der Waals surface area contributed by atoms with E-state index >= 15 is 0 Å². The molecular weight excluding hydrogens is 256 g/mol. The van der Waals surface area contributed by atoms with E-state index in [9.17, 15) is 0 Å². The van der Waals surface area contributed by atoms with E-state index in [-0.39, 0.29) is 0 Å². The van der Waals surface area contributed by atoms with E-state index in [1.54, 1.807) is 14.2 Å². The van der Waals surface area contributed by atoms with Crippen molar-refractivity contribution in [2.24, 2.45) is 0 Å². The number of rotatable bonds is 10. The van der Waals surface area contributed by atoms with Gasteiger partial charge in [0, 0.05) is 39.5 Å². The fourth-order valence-corrected chi connectivity index (χ4v) is 1.73. The van der Waals surface area contributed by atoms with Gasteiger partial charge in [0.25, 0.3) is 0 Å². The number of nitrogens with one attached hydrogen (secondary N) is 2. The van der Waals surface area contributed by atoms with Crippen molar-refractivity contribution < 1.29 is 9.47 Å². The Kier molecular flexibility index (Phi) is 7.91. The highest BCUT2D eigenvalue weighted by molar-refractivity contribution is 5.48. The van der Waals surface area contributed by atoms with Gasteiger partial charge in [-0.25, -0.2) is 9.97 Å². The Labute approximate surface area is 121 Å². The largest absolute Gasteiger partial charge is 0.385 e. The first-order chi connectivity index (χ1) is 9.69. The van der Waals surface area contributed by atoms with E-state index in [4.69, 9.17) is 9.47 Å². The Morgan fingerprint density at radius 3 is 2.60 bits per heavy atom. The van der Waals surface area contributed by atoms with Crippen molar-refractivity contribution in [3.8, 4) is 0 Å². The Morgan fingerprint density at radius 2 is 1.95 bits per heavy atom. The first-order valence-electron chi connectivity index (χ1n) is 7.05. The van der Waals surface area contributed by atoms with Crippen molar-refractivity contribution in [2.75, 3.05) is 38.0 Å². The number of hydrogen-bond donors (Lipinski definition) is 2. The second-order valence-corrected chi connectivity index (χ2v) is 4.74. The maximum atomic E-state index is 5.11. The Morgan fingerprint density at radius 1 is 1.20 bits per heavy atom. The van der Waals surface area contributed by atoms with Crippen LogP contribution in [0.4, 0.5) is 11.6 Å². The van der Waals surface area contributed by atoms with E-state index in [1.807, 2.05) is 6.07 Å². The summed E-state index contributed by atoms with van der Waals surface area (Å²) in [7, 11) is 3.35. The summed E-state index contributed by atoms with van der Waals surface area (Å²) in [6.07, 6.45) is 1.98. The molecule has 0 bridgehead atoms. The summed E-state index contributed by atoms with van der Waals surface area (Å²) in [5, 5.41) is 6.64. The Hall–Kier alpha value is -1.40.